The first-order valence-electron chi connectivity index (χ1n) is 8.62. The molecular formula is C18H24N4O. The average Bonchev–Trinajstić information content (AvgIpc) is 3.25. The van der Waals surface area contributed by atoms with E-state index in [1.807, 2.05) is 24.5 Å². The van der Waals surface area contributed by atoms with E-state index in [9.17, 15) is 0 Å². The molecule has 122 valence electrons. The minimum absolute atomic E-state index is 0.473. The van der Waals surface area contributed by atoms with Gasteiger partial charge in [0.2, 0.25) is 0 Å². The van der Waals surface area contributed by atoms with Crippen molar-refractivity contribution in [3.05, 3.63) is 42.4 Å². The fraction of sp³-hybridized carbons (Fsp3) is 0.556. The highest BCUT2D eigenvalue weighted by atomic mass is 16.5. The summed E-state index contributed by atoms with van der Waals surface area (Å²) in [7, 11) is 0. The van der Waals surface area contributed by atoms with Crippen LogP contribution in [0, 0.1) is 5.41 Å². The molecule has 0 bridgehead atoms. The number of pyridine rings is 1. The van der Waals surface area contributed by atoms with Gasteiger partial charge in [0, 0.05) is 44.4 Å². The van der Waals surface area contributed by atoms with Crippen LogP contribution in [-0.2, 0) is 11.3 Å². The quantitative estimate of drug-likeness (QED) is 0.943. The minimum atomic E-state index is 0.473. The van der Waals surface area contributed by atoms with E-state index in [0.717, 1.165) is 25.6 Å². The van der Waals surface area contributed by atoms with Gasteiger partial charge in [-0.25, -0.2) is 9.67 Å². The molecule has 1 saturated carbocycles. The lowest BCUT2D eigenvalue weighted by atomic mass is 9.75. The third-order valence-corrected chi connectivity index (χ3v) is 5.50. The summed E-state index contributed by atoms with van der Waals surface area (Å²) in [5.74, 6) is 0.862. The molecule has 1 aliphatic carbocycles. The second-order valence-electron chi connectivity index (χ2n) is 6.78. The summed E-state index contributed by atoms with van der Waals surface area (Å²) in [6.45, 7) is 2.75. The van der Waals surface area contributed by atoms with Gasteiger partial charge in [0.25, 0.3) is 0 Å². The molecule has 5 nitrogen and oxygen atoms in total. The molecular weight excluding hydrogens is 288 g/mol. The Morgan fingerprint density at radius 3 is 2.91 bits per heavy atom. The molecule has 1 N–H and O–H groups in total. The first-order chi connectivity index (χ1) is 11.4. The molecule has 1 saturated heterocycles. The van der Waals surface area contributed by atoms with E-state index in [0.29, 0.717) is 11.5 Å². The van der Waals surface area contributed by atoms with Crippen LogP contribution in [0.15, 0.2) is 36.8 Å². The Morgan fingerprint density at radius 2 is 2.17 bits per heavy atom. The Labute approximate surface area is 137 Å². The largest absolute Gasteiger partial charge is 0.381 e. The van der Waals surface area contributed by atoms with Crippen LogP contribution < -0.4 is 5.32 Å². The third-order valence-electron chi connectivity index (χ3n) is 5.50. The molecule has 1 atom stereocenters. The zero-order valence-electron chi connectivity index (χ0n) is 13.4. The molecule has 5 heteroatoms. The molecule has 0 amide bonds. The van der Waals surface area contributed by atoms with Crippen LogP contribution >= 0.6 is 0 Å². The number of rotatable bonds is 4. The first-order valence-corrected chi connectivity index (χ1v) is 8.62. The molecule has 2 fully saturated rings. The second-order valence-corrected chi connectivity index (χ2v) is 6.78. The first kappa shape index (κ1) is 14.8. The lowest BCUT2D eigenvalue weighted by Crippen LogP contribution is -2.44. The van der Waals surface area contributed by atoms with Crippen molar-refractivity contribution < 1.29 is 4.74 Å². The van der Waals surface area contributed by atoms with Crippen molar-refractivity contribution in [1.82, 2.24) is 20.1 Å². The molecule has 1 spiro atoms. The molecule has 1 aliphatic heterocycles. The summed E-state index contributed by atoms with van der Waals surface area (Å²) in [6, 6.07) is 6.70. The van der Waals surface area contributed by atoms with E-state index < -0.39 is 0 Å². The van der Waals surface area contributed by atoms with E-state index in [2.05, 4.69) is 21.5 Å². The number of aromatic nitrogens is 3. The van der Waals surface area contributed by atoms with E-state index in [-0.39, 0.29) is 0 Å². The number of ether oxygens (including phenoxy) is 1. The highest BCUT2D eigenvalue weighted by Crippen LogP contribution is 2.46. The van der Waals surface area contributed by atoms with Crippen LogP contribution in [0.5, 0.6) is 0 Å². The van der Waals surface area contributed by atoms with Gasteiger partial charge in [0.15, 0.2) is 5.82 Å². The summed E-state index contributed by atoms with van der Waals surface area (Å²) < 4.78 is 7.35. The molecule has 2 aromatic rings. The molecule has 4 rings (SSSR count). The van der Waals surface area contributed by atoms with E-state index in [1.54, 1.807) is 10.9 Å². The SMILES string of the molecule is c1cnn(-c2ccc(CN[C@@H]3CCCC34CCOCC4)cn2)c1. The van der Waals surface area contributed by atoms with Gasteiger partial charge in [-0.15, -0.1) is 0 Å². The lowest BCUT2D eigenvalue weighted by molar-refractivity contribution is 0.00414. The van der Waals surface area contributed by atoms with Gasteiger partial charge in [-0.2, -0.15) is 5.10 Å². The Balaban J connectivity index is 1.39. The van der Waals surface area contributed by atoms with Crippen molar-refractivity contribution in [2.75, 3.05) is 13.2 Å². The normalized spacial score (nSPS) is 23.4. The zero-order valence-corrected chi connectivity index (χ0v) is 13.4. The summed E-state index contributed by atoms with van der Waals surface area (Å²) in [5, 5.41) is 8.00. The van der Waals surface area contributed by atoms with Gasteiger partial charge < -0.3 is 10.1 Å². The Morgan fingerprint density at radius 1 is 1.26 bits per heavy atom. The van der Waals surface area contributed by atoms with Gasteiger partial charge in [-0.1, -0.05) is 12.5 Å². The molecule has 2 aromatic heterocycles. The van der Waals surface area contributed by atoms with Gasteiger partial charge in [0.1, 0.15) is 0 Å². The molecule has 0 radical (unpaired) electrons. The maximum absolute atomic E-state index is 5.57. The van der Waals surface area contributed by atoms with Gasteiger partial charge in [0.05, 0.1) is 0 Å². The van der Waals surface area contributed by atoms with Crippen LogP contribution in [0.3, 0.4) is 0 Å². The van der Waals surface area contributed by atoms with Crippen LogP contribution in [0.25, 0.3) is 5.82 Å². The third kappa shape index (κ3) is 3.03. The van der Waals surface area contributed by atoms with Crippen molar-refractivity contribution in [3.8, 4) is 5.82 Å². The fourth-order valence-corrected chi connectivity index (χ4v) is 4.14. The highest BCUT2D eigenvalue weighted by Gasteiger charge is 2.43. The van der Waals surface area contributed by atoms with Crippen LogP contribution in [0.2, 0.25) is 0 Å². The van der Waals surface area contributed by atoms with E-state index in [4.69, 9.17) is 4.74 Å². The smallest absolute Gasteiger partial charge is 0.153 e. The summed E-state index contributed by atoms with van der Waals surface area (Å²) in [5.41, 5.74) is 1.70. The van der Waals surface area contributed by atoms with Crippen molar-refractivity contribution in [3.63, 3.8) is 0 Å². The maximum atomic E-state index is 5.57. The number of hydrogen-bond acceptors (Lipinski definition) is 4. The van der Waals surface area contributed by atoms with Gasteiger partial charge in [-0.3, -0.25) is 0 Å². The lowest BCUT2D eigenvalue weighted by Gasteiger charge is -2.39. The molecule has 0 unspecified atom stereocenters. The summed E-state index contributed by atoms with van der Waals surface area (Å²) >= 11 is 0. The van der Waals surface area contributed by atoms with Crippen LogP contribution in [-0.4, -0.2) is 34.0 Å². The highest BCUT2D eigenvalue weighted by molar-refractivity contribution is 5.24. The fourth-order valence-electron chi connectivity index (χ4n) is 4.14. The topological polar surface area (TPSA) is 52.0 Å². The molecule has 3 heterocycles. The molecule has 23 heavy (non-hydrogen) atoms. The predicted octanol–water partition coefficient (Wildman–Crippen LogP) is 2.71. The summed E-state index contributed by atoms with van der Waals surface area (Å²) in [6.07, 6.45) is 12.0. The Kier molecular flexibility index (Phi) is 4.14. The monoisotopic (exact) mass is 312 g/mol. The summed E-state index contributed by atoms with van der Waals surface area (Å²) in [4.78, 5) is 4.51. The number of hydrogen-bond donors (Lipinski definition) is 1. The van der Waals surface area contributed by atoms with Crippen molar-refractivity contribution in [1.29, 1.82) is 0 Å². The van der Waals surface area contributed by atoms with E-state index in [1.165, 1.54) is 37.7 Å². The second kappa shape index (κ2) is 6.42. The van der Waals surface area contributed by atoms with Gasteiger partial charge in [-0.05, 0) is 48.8 Å². The minimum Gasteiger partial charge on any atom is -0.381 e. The van der Waals surface area contributed by atoms with Crippen molar-refractivity contribution in [2.45, 2.75) is 44.7 Å². The molecule has 0 aromatic carbocycles. The Hall–Kier alpha value is -1.72. The Bertz CT molecular complexity index is 617. The number of nitrogens with one attached hydrogen (secondary N) is 1. The predicted molar refractivity (Wildman–Crippen MR) is 88.3 cm³/mol. The van der Waals surface area contributed by atoms with Gasteiger partial charge >= 0.3 is 0 Å². The maximum Gasteiger partial charge on any atom is 0.153 e. The zero-order chi connectivity index (χ0) is 15.5. The standard InChI is InChI=1S/C18H24N4O/c1-3-16(18(6-1)7-11-23-12-8-18)19-13-15-4-5-17(20-14-15)22-10-2-9-21-22/h2,4-5,9-10,14,16,19H,1,3,6-8,11-13H2/t16-/m1/s1. The van der Waals surface area contributed by atoms with Crippen LogP contribution in [0.4, 0.5) is 0 Å². The average molecular weight is 312 g/mol. The van der Waals surface area contributed by atoms with E-state index >= 15 is 0 Å². The van der Waals surface area contributed by atoms with Crippen molar-refractivity contribution in [2.24, 2.45) is 5.41 Å². The molecule has 2 aliphatic rings. The van der Waals surface area contributed by atoms with Crippen molar-refractivity contribution >= 4 is 0 Å². The van der Waals surface area contributed by atoms with Crippen LogP contribution in [0.1, 0.15) is 37.7 Å². The number of nitrogens with zero attached hydrogens (tertiary/aromatic N) is 3.